The number of aliphatic hydroxyl groups is 1. The van der Waals surface area contributed by atoms with Gasteiger partial charge in [-0.15, -0.1) is 11.3 Å². The molecule has 1 aliphatic heterocycles. The topological polar surface area (TPSA) is 85.8 Å². The minimum absolute atomic E-state index is 0.184. The number of carbonyl (C=O) groups excluding carboxylic acids is 2. The van der Waals surface area contributed by atoms with Gasteiger partial charge >= 0.3 is 0 Å². The fourth-order valence-electron chi connectivity index (χ4n) is 3.23. The van der Waals surface area contributed by atoms with E-state index in [1.807, 2.05) is 30.3 Å². The van der Waals surface area contributed by atoms with Gasteiger partial charge in [-0.1, -0.05) is 30.3 Å². The van der Waals surface area contributed by atoms with E-state index in [2.05, 4.69) is 15.2 Å². The van der Waals surface area contributed by atoms with Crippen LogP contribution in [0.25, 0.3) is 0 Å². The summed E-state index contributed by atoms with van der Waals surface area (Å²) in [6, 6.07) is 9.59. The smallest absolute Gasteiger partial charge is 0.235 e. The molecule has 144 valence electrons. The van der Waals surface area contributed by atoms with Gasteiger partial charge in [0.05, 0.1) is 12.1 Å². The quantitative estimate of drug-likeness (QED) is 0.706. The van der Waals surface area contributed by atoms with E-state index < -0.39 is 0 Å². The first-order valence-corrected chi connectivity index (χ1v) is 9.81. The number of carbonyl (C=O) groups is 2. The summed E-state index contributed by atoms with van der Waals surface area (Å²) in [7, 11) is 1.73. The zero-order valence-electron chi connectivity index (χ0n) is 15.2. The third kappa shape index (κ3) is 5.35. The second-order valence-electron chi connectivity index (χ2n) is 6.70. The summed E-state index contributed by atoms with van der Waals surface area (Å²) in [6.45, 7) is 2.03. The first kappa shape index (κ1) is 19.5. The number of likely N-dealkylation sites (tertiary alicyclic amines) is 1. The molecule has 1 aromatic heterocycles. The van der Waals surface area contributed by atoms with Crippen molar-refractivity contribution in [1.82, 2.24) is 14.8 Å². The van der Waals surface area contributed by atoms with E-state index >= 15 is 0 Å². The number of rotatable bonds is 7. The third-order valence-corrected chi connectivity index (χ3v) is 5.40. The maximum atomic E-state index is 12.7. The van der Waals surface area contributed by atoms with Crippen LogP contribution < -0.4 is 5.32 Å². The maximum Gasteiger partial charge on any atom is 0.235 e. The van der Waals surface area contributed by atoms with Gasteiger partial charge in [-0.25, -0.2) is 4.98 Å². The predicted molar refractivity (Wildman–Crippen MR) is 104 cm³/mol. The molecule has 1 saturated heterocycles. The number of hydrogen-bond acceptors (Lipinski definition) is 6. The number of amides is 2. The first-order chi connectivity index (χ1) is 13.0. The molecule has 7 nitrogen and oxygen atoms in total. The molecule has 2 heterocycles. The van der Waals surface area contributed by atoms with Gasteiger partial charge in [0.25, 0.3) is 0 Å². The Labute approximate surface area is 162 Å². The Kier molecular flexibility index (Phi) is 6.54. The molecule has 0 bridgehead atoms. The Morgan fingerprint density at radius 2 is 2.19 bits per heavy atom. The van der Waals surface area contributed by atoms with Crippen LogP contribution in [-0.4, -0.2) is 64.5 Å². The lowest BCUT2D eigenvalue weighted by atomic mass is 10.0. The highest BCUT2D eigenvalue weighted by Gasteiger charge is 2.28. The molecule has 2 aromatic rings. The van der Waals surface area contributed by atoms with E-state index in [0.717, 1.165) is 18.5 Å². The fraction of sp³-hybridized carbons (Fsp3) is 0.421. The molecular weight excluding hydrogens is 364 g/mol. The van der Waals surface area contributed by atoms with Crippen molar-refractivity contribution in [3.63, 3.8) is 0 Å². The third-order valence-electron chi connectivity index (χ3n) is 4.71. The van der Waals surface area contributed by atoms with E-state index in [1.165, 1.54) is 11.3 Å². The van der Waals surface area contributed by atoms with Crippen LogP contribution in [0.2, 0.25) is 0 Å². The normalized spacial score (nSPS) is 18.2. The number of thiazole rings is 1. The van der Waals surface area contributed by atoms with Gasteiger partial charge in [-0.05, 0) is 12.0 Å². The Morgan fingerprint density at radius 3 is 2.81 bits per heavy atom. The molecule has 3 rings (SSSR count). The Hall–Kier alpha value is -2.29. The van der Waals surface area contributed by atoms with Gasteiger partial charge in [0.2, 0.25) is 11.8 Å². The Morgan fingerprint density at radius 1 is 1.41 bits per heavy atom. The van der Waals surface area contributed by atoms with E-state index in [0.29, 0.717) is 18.2 Å². The van der Waals surface area contributed by atoms with Gasteiger partial charge in [0.1, 0.15) is 6.42 Å². The van der Waals surface area contributed by atoms with Crippen LogP contribution in [0.15, 0.2) is 41.9 Å². The average molecular weight is 388 g/mol. The summed E-state index contributed by atoms with van der Waals surface area (Å²) < 4.78 is 0. The lowest BCUT2D eigenvalue weighted by Gasteiger charge is -2.32. The number of aromatic nitrogens is 1. The number of anilines is 1. The van der Waals surface area contributed by atoms with E-state index in [9.17, 15) is 14.7 Å². The van der Waals surface area contributed by atoms with Crippen LogP contribution in [-0.2, 0) is 9.59 Å². The van der Waals surface area contributed by atoms with Crippen LogP contribution in [0, 0.1) is 0 Å². The Balaban J connectivity index is 1.66. The lowest BCUT2D eigenvalue weighted by Crippen LogP contribution is -2.40. The molecule has 1 aliphatic rings. The predicted octanol–water partition coefficient (Wildman–Crippen LogP) is 1.74. The van der Waals surface area contributed by atoms with E-state index in [1.54, 1.807) is 23.5 Å². The number of benzene rings is 1. The highest BCUT2D eigenvalue weighted by atomic mass is 32.1. The molecule has 0 aliphatic carbocycles. The van der Waals surface area contributed by atoms with Gasteiger partial charge in [-0.2, -0.15) is 0 Å². The highest BCUT2D eigenvalue weighted by Crippen LogP contribution is 2.24. The van der Waals surface area contributed by atoms with Crippen molar-refractivity contribution >= 4 is 28.3 Å². The zero-order valence-corrected chi connectivity index (χ0v) is 16.1. The van der Waals surface area contributed by atoms with Gasteiger partial charge < -0.3 is 15.3 Å². The van der Waals surface area contributed by atoms with E-state index in [-0.39, 0.29) is 30.4 Å². The summed E-state index contributed by atoms with van der Waals surface area (Å²) in [5.41, 5.74) is 1.01. The number of hydrogen-bond donors (Lipinski definition) is 2. The number of nitrogens with zero attached hydrogens (tertiary/aromatic N) is 3. The van der Waals surface area contributed by atoms with Crippen LogP contribution in [0.4, 0.5) is 5.13 Å². The van der Waals surface area contributed by atoms with Crippen molar-refractivity contribution in [1.29, 1.82) is 0 Å². The fourth-order valence-corrected chi connectivity index (χ4v) is 3.78. The van der Waals surface area contributed by atoms with Crippen LogP contribution >= 0.6 is 11.3 Å². The number of likely N-dealkylation sites (N-methyl/N-ethyl adjacent to an activating group) is 1. The van der Waals surface area contributed by atoms with Crippen LogP contribution in [0.1, 0.15) is 24.4 Å². The second-order valence-corrected chi connectivity index (χ2v) is 7.59. The van der Waals surface area contributed by atoms with Crippen LogP contribution in [0.3, 0.4) is 0 Å². The lowest BCUT2D eigenvalue weighted by molar-refractivity contribution is -0.135. The SMILES string of the molecule is CN(C(=O)CC(=O)Nc1nccs1)[C@H](CN1CC[C@H](O)C1)c1ccccc1. The molecule has 0 saturated carbocycles. The largest absolute Gasteiger partial charge is 0.392 e. The number of β-amino-alcohol motifs (C(OH)–C–C–N with tert-alkyl or cyclic N) is 1. The highest BCUT2D eigenvalue weighted by molar-refractivity contribution is 7.13. The number of nitrogens with one attached hydrogen (secondary N) is 1. The molecule has 2 amide bonds. The molecule has 8 heteroatoms. The first-order valence-electron chi connectivity index (χ1n) is 8.93. The van der Waals surface area contributed by atoms with Crippen molar-refractivity contribution in [3.05, 3.63) is 47.5 Å². The zero-order chi connectivity index (χ0) is 19.2. The van der Waals surface area contributed by atoms with Crippen molar-refractivity contribution in [2.45, 2.75) is 25.0 Å². The summed E-state index contributed by atoms with van der Waals surface area (Å²) in [5.74, 6) is -0.622. The average Bonchev–Trinajstić information content (AvgIpc) is 3.31. The number of aliphatic hydroxyl groups excluding tert-OH is 1. The minimum Gasteiger partial charge on any atom is -0.392 e. The van der Waals surface area contributed by atoms with Gasteiger partial charge in [0.15, 0.2) is 5.13 Å². The molecule has 0 radical (unpaired) electrons. The molecule has 27 heavy (non-hydrogen) atoms. The molecule has 2 atom stereocenters. The molecule has 1 fully saturated rings. The summed E-state index contributed by atoms with van der Waals surface area (Å²) in [4.78, 5) is 32.6. The molecular formula is C19H24N4O3S. The standard InChI is InChI=1S/C19H24N4O3S/c1-22(18(26)11-17(25)21-19-20-8-10-27-19)16(14-5-3-2-4-6-14)13-23-9-7-15(24)12-23/h2-6,8,10,15-16,24H,7,9,11-13H2,1H3,(H,20,21,25)/t15-,16+/m0/s1. The molecule has 2 N–H and O–H groups in total. The van der Waals surface area contributed by atoms with E-state index in [4.69, 9.17) is 0 Å². The van der Waals surface area contributed by atoms with Crippen molar-refractivity contribution in [3.8, 4) is 0 Å². The Bertz CT molecular complexity index is 754. The molecule has 0 unspecified atom stereocenters. The van der Waals surface area contributed by atoms with Crippen LogP contribution in [0.5, 0.6) is 0 Å². The van der Waals surface area contributed by atoms with Gasteiger partial charge in [-0.3, -0.25) is 14.5 Å². The summed E-state index contributed by atoms with van der Waals surface area (Å²) >= 11 is 1.31. The molecule has 0 spiro atoms. The second kappa shape index (κ2) is 9.07. The monoisotopic (exact) mass is 388 g/mol. The molecule has 1 aromatic carbocycles. The summed E-state index contributed by atoms with van der Waals surface area (Å²) in [5, 5.41) is 14.7. The van der Waals surface area contributed by atoms with Crippen molar-refractivity contribution < 1.29 is 14.7 Å². The minimum atomic E-state index is -0.370. The van der Waals surface area contributed by atoms with Crippen molar-refractivity contribution in [2.24, 2.45) is 0 Å². The van der Waals surface area contributed by atoms with Crippen molar-refractivity contribution in [2.75, 3.05) is 32.0 Å². The maximum absolute atomic E-state index is 12.7. The summed E-state index contributed by atoms with van der Waals surface area (Å²) in [6.07, 6.45) is 1.80. The van der Waals surface area contributed by atoms with Gasteiger partial charge in [0, 0.05) is 38.3 Å².